The number of aromatic amines is 1. The first kappa shape index (κ1) is 21.3. The Morgan fingerprint density at radius 3 is 2.50 bits per heavy atom. The Morgan fingerprint density at radius 1 is 1.21 bits per heavy atom. The summed E-state index contributed by atoms with van der Waals surface area (Å²) in [4.78, 5) is 46.6. The van der Waals surface area contributed by atoms with Crippen LogP contribution in [-0.2, 0) is 16.1 Å². The fourth-order valence-corrected chi connectivity index (χ4v) is 3.19. The molecule has 1 N–H and O–H groups in total. The standard InChI is InChI=1S/C21H27N3O4/c1-6-17(25)24(12-16-10-8-9-11-22-16)15(5)20(26)18-13(3)19(23-14(18)4)21(27)28-7-2/h8-11,15,23H,6-7,12H2,1-5H3. The first-order chi connectivity index (χ1) is 13.3. The fraction of sp³-hybridized carbons (Fsp3) is 0.429. The van der Waals surface area contributed by atoms with E-state index in [0.29, 0.717) is 22.5 Å². The smallest absolute Gasteiger partial charge is 0.355 e. The molecule has 0 saturated carbocycles. The molecule has 0 aliphatic heterocycles. The molecule has 1 atom stereocenters. The van der Waals surface area contributed by atoms with Crippen molar-refractivity contribution in [1.29, 1.82) is 0 Å². The van der Waals surface area contributed by atoms with Crippen LogP contribution in [0.3, 0.4) is 0 Å². The lowest BCUT2D eigenvalue weighted by molar-refractivity contribution is -0.132. The van der Waals surface area contributed by atoms with Gasteiger partial charge in [-0.25, -0.2) is 4.79 Å². The van der Waals surface area contributed by atoms with Gasteiger partial charge in [-0.3, -0.25) is 14.6 Å². The topological polar surface area (TPSA) is 92.4 Å². The van der Waals surface area contributed by atoms with E-state index < -0.39 is 12.0 Å². The Morgan fingerprint density at radius 2 is 1.93 bits per heavy atom. The maximum Gasteiger partial charge on any atom is 0.355 e. The van der Waals surface area contributed by atoms with Gasteiger partial charge in [0.25, 0.3) is 0 Å². The van der Waals surface area contributed by atoms with Crippen LogP contribution in [0.2, 0.25) is 0 Å². The Labute approximate surface area is 165 Å². The molecule has 0 spiro atoms. The second-order valence-electron chi connectivity index (χ2n) is 6.58. The maximum absolute atomic E-state index is 13.2. The van der Waals surface area contributed by atoms with Gasteiger partial charge in [-0.1, -0.05) is 13.0 Å². The summed E-state index contributed by atoms with van der Waals surface area (Å²) in [7, 11) is 0. The number of carbonyl (C=O) groups excluding carboxylic acids is 3. The van der Waals surface area contributed by atoms with Crippen LogP contribution in [0.4, 0.5) is 0 Å². The van der Waals surface area contributed by atoms with E-state index in [1.165, 1.54) is 4.90 Å². The summed E-state index contributed by atoms with van der Waals surface area (Å²) < 4.78 is 5.05. The lowest BCUT2D eigenvalue weighted by atomic mass is 9.99. The van der Waals surface area contributed by atoms with E-state index in [1.54, 1.807) is 46.9 Å². The van der Waals surface area contributed by atoms with Gasteiger partial charge in [0.2, 0.25) is 5.91 Å². The molecule has 2 aromatic rings. The van der Waals surface area contributed by atoms with E-state index in [1.807, 2.05) is 12.1 Å². The highest BCUT2D eigenvalue weighted by atomic mass is 16.5. The molecule has 28 heavy (non-hydrogen) atoms. The minimum atomic E-state index is -0.697. The number of aryl methyl sites for hydroxylation is 1. The predicted octanol–water partition coefficient (Wildman–Crippen LogP) is 3.21. The number of Topliss-reactive ketones (excluding diaryl/α,β-unsaturated/α-hetero) is 1. The average molecular weight is 385 g/mol. The number of nitrogens with one attached hydrogen (secondary N) is 1. The number of ether oxygens (including phenoxy) is 1. The van der Waals surface area contributed by atoms with Crippen LogP contribution in [0.25, 0.3) is 0 Å². The summed E-state index contributed by atoms with van der Waals surface area (Å²) in [5, 5.41) is 0. The number of hydrogen-bond acceptors (Lipinski definition) is 5. The van der Waals surface area contributed by atoms with Crippen LogP contribution in [-0.4, -0.2) is 45.2 Å². The number of amides is 1. The number of hydrogen-bond donors (Lipinski definition) is 1. The number of carbonyl (C=O) groups is 3. The molecule has 0 bridgehead atoms. The zero-order valence-electron chi connectivity index (χ0n) is 17.0. The van der Waals surface area contributed by atoms with Gasteiger partial charge in [0.05, 0.1) is 24.9 Å². The molecule has 1 unspecified atom stereocenters. The number of pyridine rings is 1. The van der Waals surface area contributed by atoms with Gasteiger partial charge in [-0.15, -0.1) is 0 Å². The SMILES string of the molecule is CCOC(=O)c1[nH]c(C)c(C(=O)C(C)N(Cc2ccccn2)C(=O)CC)c1C. The average Bonchev–Trinajstić information content (AvgIpc) is 2.99. The molecule has 2 heterocycles. The number of nitrogens with zero attached hydrogens (tertiary/aromatic N) is 2. The molecule has 150 valence electrons. The summed E-state index contributed by atoms with van der Waals surface area (Å²) in [6, 6.07) is 4.76. The normalized spacial score (nSPS) is 11.8. The number of esters is 1. The molecule has 2 aromatic heterocycles. The van der Waals surface area contributed by atoms with Crippen LogP contribution in [0.1, 0.15) is 65.0 Å². The van der Waals surface area contributed by atoms with E-state index in [0.717, 1.165) is 0 Å². The number of rotatable bonds is 8. The molecule has 0 saturated heterocycles. The number of ketones is 1. The number of aromatic nitrogens is 2. The van der Waals surface area contributed by atoms with Crippen molar-refractivity contribution < 1.29 is 19.1 Å². The molecule has 0 aliphatic carbocycles. The summed E-state index contributed by atoms with van der Waals surface area (Å²) in [6.07, 6.45) is 1.94. The molecular weight excluding hydrogens is 358 g/mol. The van der Waals surface area contributed by atoms with Crippen LogP contribution in [0.15, 0.2) is 24.4 Å². The van der Waals surface area contributed by atoms with Crippen molar-refractivity contribution in [3.63, 3.8) is 0 Å². The summed E-state index contributed by atoms with van der Waals surface area (Å²) in [5.74, 6) is -0.854. The molecule has 1 amide bonds. The first-order valence-corrected chi connectivity index (χ1v) is 9.41. The molecule has 7 heteroatoms. The van der Waals surface area contributed by atoms with Gasteiger partial charge < -0.3 is 14.6 Å². The Balaban J connectivity index is 2.35. The molecule has 2 rings (SSSR count). The fourth-order valence-electron chi connectivity index (χ4n) is 3.19. The third-order valence-corrected chi connectivity index (χ3v) is 4.69. The second-order valence-corrected chi connectivity index (χ2v) is 6.58. The largest absolute Gasteiger partial charge is 0.461 e. The van der Waals surface area contributed by atoms with Gasteiger partial charge >= 0.3 is 5.97 Å². The van der Waals surface area contributed by atoms with Gasteiger partial charge in [-0.2, -0.15) is 0 Å². The van der Waals surface area contributed by atoms with Crippen molar-refractivity contribution in [1.82, 2.24) is 14.9 Å². The minimum absolute atomic E-state index is 0.136. The summed E-state index contributed by atoms with van der Waals surface area (Å²) in [6.45, 7) is 9.13. The van der Waals surface area contributed by atoms with Crippen molar-refractivity contribution in [2.45, 2.75) is 53.6 Å². The third kappa shape index (κ3) is 4.47. The monoisotopic (exact) mass is 385 g/mol. The lowest BCUT2D eigenvalue weighted by Gasteiger charge is -2.28. The van der Waals surface area contributed by atoms with Crippen molar-refractivity contribution >= 4 is 17.7 Å². The third-order valence-electron chi connectivity index (χ3n) is 4.69. The highest BCUT2D eigenvalue weighted by molar-refractivity contribution is 6.06. The van der Waals surface area contributed by atoms with Crippen LogP contribution in [0, 0.1) is 13.8 Å². The molecule has 7 nitrogen and oxygen atoms in total. The van der Waals surface area contributed by atoms with Gasteiger partial charge in [0.15, 0.2) is 5.78 Å². The summed E-state index contributed by atoms with van der Waals surface area (Å²) >= 11 is 0. The maximum atomic E-state index is 13.2. The van der Waals surface area contributed by atoms with E-state index in [2.05, 4.69) is 9.97 Å². The Hall–Kier alpha value is -2.96. The van der Waals surface area contributed by atoms with Crippen molar-refractivity contribution in [2.24, 2.45) is 0 Å². The first-order valence-electron chi connectivity index (χ1n) is 9.41. The van der Waals surface area contributed by atoms with Gasteiger partial charge in [0, 0.05) is 23.9 Å². The molecule has 0 radical (unpaired) electrons. The van der Waals surface area contributed by atoms with E-state index >= 15 is 0 Å². The quantitative estimate of drug-likeness (QED) is 0.556. The zero-order valence-corrected chi connectivity index (χ0v) is 17.0. The molecule has 0 fully saturated rings. The Kier molecular flexibility index (Phi) is 7.09. The molecule has 0 aliphatic rings. The van der Waals surface area contributed by atoms with Crippen molar-refractivity contribution in [3.8, 4) is 0 Å². The zero-order chi connectivity index (χ0) is 20.8. The predicted molar refractivity (Wildman–Crippen MR) is 105 cm³/mol. The van der Waals surface area contributed by atoms with Gasteiger partial charge in [-0.05, 0) is 45.4 Å². The van der Waals surface area contributed by atoms with Crippen LogP contribution in [0.5, 0.6) is 0 Å². The highest BCUT2D eigenvalue weighted by Crippen LogP contribution is 2.23. The van der Waals surface area contributed by atoms with Crippen LogP contribution < -0.4 is 0 Å². The summed E-state index contributed by atoms with van der Waals surface area (Å²) in [5.41, 5.74) is 2.52. The van der Waals surface area contributed by atoms with Crippen molar-refractivity contribution in [2.75, 3.05) is 6.61 Å². The molecular formula is C21H27N3O4. The lowest BCUT2D eigenvalue weighted by Crippen LogP contribution is -2.43. The second kappa shape index (κ2) is 9.30. The van der Waals surface area contributed by atoms with Gasteiger partial charge in [0.1, 0.15) is 5.69 Å². The van der Waals surface area contributed by atoms with E-state index in [-0.39, 0.29) is 37.0 Å². The molecule has 0 aromatic carbocycles. The van der Waals surface area contributed by atoms with Crippen molar-refractivity contribution in [3.05, 3.63) is 52.6 Å². The van der Waals surface area contributed by atoms with Crippen LogP contribution >= 0.6 is 0 Å². The van der Waals surface area contributed by atoms with E-state index in [9.17, 15) is 14.4 Å². The van der Waals surface area contributed by atoms with E-state index in [4.69, 9.17) is 4.74 Å². The minimum Gasteiger partial charge on any atom is -0.461 e. The highest BCUT2D eigenvalue weighted by Gasteiger charge is 2.31. The number of H-pyrrole nitrogens is 1. The Bertz CT molecular complexity index is 858.